The Kier molecular flexibility index (Phi) is 5.30. The minimum Gasteiger partial charge on any atom is -0.465 e. The summed E-state index contributed by atoms with van der Waals surface area (Å²) in [6.07, 6.45) is 3.12. The van der Waals surface area contributed by atoms with Crippen LogP contribution in [-0.2, 0) is 9.53 Å². The molecule has 0 spiro atoms. The van der Waals surface area contributed by atoms with Gasteiger partial charge in [-0.1, -0.05) is 28.1 Å². The van der Waals surface area contributed by atoms with Crippen LogP contribution in [0.3, 0.4) is 0 Å². The number of esters is 1. The van der Waals surface area contributed by atoms with Gasteiger partial charge in [0.2, 0.25) is 5.91 Å². The normalized spacial score (nSPS) is 10.6. The first-order valence-electron chi connectivity index (χ1n) is 6.00. The molecule has 0 aliphatic heterocycles. The van der Waals surface area contributed by atoms with Gasteiger partial charge in [0.15, 0.2) is 0 Å². The van der Waals surface area contributed by atoms with Crippen LogP contribution in [0.1, 0.15) is 15.2 Å². The topological polar surface area (TPSA) is 55.4 Å². The van der Waals surface area contributed by atoms with Crippen molar-refractivity contribution in [3.8, 4) is 0 Å². The standard InChI is InChI=1S/C15H12BrNO3S/c1-20-15(19)14-12(8-9-21-14)17-13(18)7-4-10-2-5-11(16)6-3-10/h2-9H,1H3,(H,17,18). The lowest BCUT2D eigenvalue weighted by Crippen LogP contribution is -2.10. The summed E-state index contributed by atoms with van der Waals surface area (Å²) in [7, 11) is 1.31. The maximum absolute atomic E-state index is 11.9. The van der Waals surface area contributed by atoms with E-state index < -0.39 is 5.97 Å². The van der Waals surface area contributed by atoms with Crippen molar-refractivity contribution in [2.45, 2.75) is 0 Å². The van der Waals surface area contributed by atoms with Gasteiger partial charge in [-0.3, -0.25) is 4.79 Å². The zero-order chi connectivity index (χ0) is 15.2. The van der Waals surface area contributed by atoms with Crippen LogP contribution in [0.4, 0.5) is 5.69 Å². The average Bonchev–Trinajstić information content (AvgIpc) is 2.94. The molecule has 1 amide bonds. The van der Waals surface area contributed by atoms with Crippen molar-refractivity contribution in [3.05, 3.63) is 56.7 Å². The molecule has 1 aromatic heterocycles. The Morgan fingerprint density at radius 3 is 2.62 bits per heavy atom. The molecule has 108 valence electrons. The molecule has 0 atom stereocenters. The number of benzene rings is 1. The van der Waals surface area contributed by atoms with Crippen molar-refractivity contribution in [1.29, 1.82) is 0 Å². The molecule has 0 radical (unpaired) electrons. The number of nitrogens with one attached hydrogen (secondary N) is 1. The molecule has 21 heavy (non-hydrogen) atoms. The van der Waals surface area contributed by atoms with Crippen LogP contribution < -0.4 is 5.32 Å². The molecule has 4 nitrogen and oxygen atoms in total. The van der Waals surface area contributed by atoms with Gasteiger partial charge in [-0.2, -0.15) is 0 Å². The fourth-order valence-electron chi connectivity index (χ4n) is 1.58. The summed E-state index contributed by atoms with van der Waals surface area (Å²) >= 11 is 4.57. The van der Waals surface area contributed by atoms with Crippen molar-refractivity contribution < 1.29 is 14.3 Å². The fourth-order valence-corrected chi connectivity index (χ4v) is 2.61. The van der Waals surface area contributed by atoms with Gasteiger partial charge in [0.25, 0.3) is 0 Å². The highest BCUT2D eigenvalue weighted by atomic mass is 79.9. The van der Waals surface area contributed by atoms with Crippen LogP contribution in [0.15, 0.2) is 46.3 Å². The van der Waals surface area contributed by atoms with Gasteiger partial charge in [0.05, 0.1) is 12.8 Å². The zero-order valence-electron chi connectivity index (χ0n) is 11.1. The molecule has 0 saturated heterocycles. The molecule has 0 aliphatic carbocycles. The van der Waals surface area contributed by atoms with E-state index in [1.807, 2.05) is 24.3 Å². The number of halogens is 1. The summed E-state index contributed by atoms with van der Waals surface area (Å²) in [6, 6.07) is 9.23. The lowest BCUT2D eigenvalue weighted by atomic mass is 10.2. The van der Waals surface area contributed by atoms with E-state index in [2.05, 4.69) is 26.0 Å². The maximum atomic E-state index is 11.9. The van der Waals surface area contributed by atoms with Crippen LogP contribution in [0.5, 0.6) is 0 Å². The highest BCUT2D eigenvalue weighted by Crippen LogP contribution is 2.23. The second kappa shape index (κ2) is 7.19. The number of hydrogen-bond acceptors (Lipinski definition) is 4. The van der Waals surface area contributed by atoms with Crippen LogP contribution in [0.25, 0.3) is 6.08 Å². The van der Waals surface area contributed by atoms with Gasteiger partial charge >= 0.3 is 5.97 Å². The minimum absolute atomic E-state index is 0.304. The van der Waals surface area contributed by atoms with Crippen molar-refractivity contribution in [2.75, 3.05) is 12.4 Å². The lowest BCUT2D eigenvalue weighted by Gasteiger charge is -2.02. The largest absolute Gasteiger partial charge is 0.465 e. The van der Waals surface area contributed by atoms with E-state index in [0.29, 0.717) is 10.6 Å². The molecule has 0 bridgehead atoms. The molecule has 1 heterocycles. The van der Waals surface area contributed by atoms with Crippen LogP contribution in [0.2, 0.25) is 0 Å². The number of ether oxygens (including phenoxy) is 1. The van der Waals surface area contributed by atoms with Crippen molar-refractivity contribution in [3.63, 3.8) is 0 Å². The Morgan fingerprint density at radius 1 is 1.24 bits per heavy atom. The number of methoxy groups -OCH3 is 1. The third-order valence-electron chi connectivity index (χ3n) is 2.59. The highest BCUT2D eigenvalue weighted by molar-refractivity contribution is 9.10. The number of carbonyl (C=O) groups is 2. The van der Waals surface area contributed by atoms with E-state index in [4.69, 9.17) is 0 Å². The molecular formula is C15H12BrNO3S. The maximum Gasteiger partial charge on any atom is 0.350 e. The smallest absolute Gasteiger partial charge is 0.350 e. The van der Waals surface area contributed by atoms with E-state index in [1.165, 1.54) is 24.5 Å². The van der Waals surface area contributed by atoms with Crippen LogP contribution in [-0.4, -0.2) is 19.0 Å². The molecule has 2 aromatic rings. The second-order valence-electron chi connectivity index (χ2n) is 4.03. The monoisotopic (exact) mass is 365 g/mol. The first kappa shape index (κ1) is 15.5. The third kappa shape index (κ3) is 4.27. The second-order valence-corrected chi connectivity index (χ2v) is 5.86. The number of anilines is 1. The molecule has 2 rings (SSSR count). The van der Waals surface area contributed by atoms with Gasteiger partial charge in [0.1, 0.15) is 4.88 Å². The molecule has 0 aliphatic rings. The SMILES string of the molecule is COC(=O)c1sccc1NC(=O)C=Cc1ccc(Br)cc1. The Balaban J connectivity index is 2.03. The average molecular weight is 366 g/mol. The fraction of sp³-hybridized carbons (Fsp3) is 0.0667. The summed E-state index contributed by atoms with van der Waals surface area (Å²) in [5, 5.41) is 4.38. The summed E-state index contributed by atoms with van der Waals surface area (Å²) in [5.41, 5.74) is 1.36. The number of hydrogen-bond donors (Lipinski definition) is 1. The molecule has 1 N–H and O–H groups in total. The number of rotatable bonds is 4. The van der Waals surface area contributed by atoms with Crippen molar-refractivity contribution >= 4 is 50.9 Å². The van der Waals surface area contributed by atoms with E-state index >= 15 is 0 Å². The van der Waals surface area contributed by atoms with Gasteiger partial charge in [-0.25, -0.2) is 4.79 Å². The van der Waals surface area contributed by atoms with Gasteiger partial charge < -0.3 is 10.1 Å². The van der Waals surface area contributed by atoms with Crippen molar-refractivity contribution in [2.24, 2.45) is 0 Å². The summed E-state index contributed by atoms with van der Waals surface area (Å²) < 4.78 is 5.63. The highest BCUT2D eigenvalue weighted by Gasteiger charge is 2.14. The molecule has 0 fully saturated rings. The Hall–Kier alpha value is -1.92. The number of carbonyl (C=O) groups excluding carboxylic acids is 2. The predicted molar refractivity (Wildman–Crippen MR) is 87.5 cm³/mol. The summed E-state index contributed by atoms with van der Waals surface area (Å²) in [4.78, 5) is 23.7. The predicted octanol–water partition coefficient (Wildman–Crippen LogP) is 3.95. The van der Waals surface area contributed by atoms with E-state index in [9.17, 15) is 9.59 Å². The molecule has 1 aromatic carbocycles. The van der Waals surface area contributed by atoms with E-state index in [-0.39, 0.29) is 5.91 Å². The van der Waals surface area contributed by atoms with Crippen molar-refractivity contribution in [1.82, 2.24) is 0 Å². The Morgan fingerprint density at radius 2 is 1.95 bits per heavy atom. The Labute approximate surface area is 134 Å². The first-order chi connectivity index (χ1) is 10.1. The third-order valence-corrected chi connectivity index (χ3v) is 4.01. The van der Waals surface area contributed by atoms with Gasteiger partial charge in [-0.15, -0.1) is 11.3 Å². The molecule has 6 heteroatoms. The summed E-state index contributed by atoms with van der Waals surface area (Å²) in [5.74, 6) is -0.765. The number of thiophene rings is 1. The quantitative estimate of drug-likeness (QED) is 0.659. The first-order valence-corrected chi connectivity index (χ1v) is 7.68. The zero-order valence-corrected chi connectivity index (χ0v) is 13.5. The molecule has 0 saturated carbocycles. The molecule has 0 unspecified atom stereocenters. The van der Waals surface area contributed by atoms with E-state index in [1.54, 1.807) is 17.5 Å². The van der Waals surface area contributed by atoms with E-state index in [0.717, 1.165) is 10.0 Å². The summed E-state index contributed by atoms with van der Waals surface area (Å²) in [6.45, 7) is 0. The van der Waals surface area contributed by atoms with Crippen LogP contribution in [0, 0.1) is 0 Å². The Bertz CT molecular complexity index is 676. The number of amides is 1. The van der Waals surface area contributed by atoms with Gasteiger partial charge in [0, 0.05) is 10.5 Å². The minimum atomic E-state index is -0.461. The van der Waals surface area contributed by atoms with Crippen LogP contribution >= 0.6 is 27.3 Å². The lowest BCUT2D eigenvalue weighted by molar-refractivity contribution is -0.111. The van der Waals surface area contributed by atoms with Gasteiger partial charge in [-0.05, 0) is 35.2 Å². The molecular weight excluding hydrogens is 354 g/mol.